The Bertz CT molecular complexity index is 387. The SMILES string of the molecule is COCCN(CCBr)C(=O)c1c(C)cccc1C. The van der Waals surface area contributed by atoms with E-state index in [1.54, 1.807) is 7.11 Å². The van der Waals surface area contributed by atoms with Crippen molar-refractivity contribution in [1.29, 1.82) is 0 Å². The van der Waals surface area contributed by atoms with Crippen LogP contribution in [-0.2, 0) is 4.74 Å². The molecular weight excluding hydrogens is 294 g/mol. The molecule has 1 aromatic rings. The molecule has 0 aliphatic heterocycles. The molecule has 0 heterocycles. The van der Waals surface area contributed by atoms with E-state index in [1.807, 2.05) is 36.9 Å². The first-order valence-corrected chi connectivity index (χ1v) is 7.14. The fourth-order valence-electron chi connectivity index (χ4n) is 1.93. The van der Waals surface area contributed by atoms with Gasteiger partial charge in [-0.15, -0.1) is 0 Å². The van der Waals surface area contributed by atoms with Crippen LogP contribution in [0, 0.1) is 13.8 Å². The second-order valence-electron chi connectivity index (χ2n) is 4.24. The van der Waals surface area contributed by atoms with E-state index in [9.17, 15) is 4.79 Å². The first kappa shape index (κ1) is 15.2. The number of carbonyl (C=O) groups excluding carboxylic acids is 1. The lowest BCUT2D eigenvalue weighted by Crippen LogP contribution is -2.36. The molecule has 0 saturated carbocycles. The number of nitrogens with zero attached hydrogens (tertiary/aromatic N) is 1. The maximum absolute atomic E-state index is 12.5. The van der Waals surface area contributed by atoms with Crippen molar-refractivity contribution in [2.75, 3.05) is 32.1 Å². The molecule has 18 heavy (non-hydrogen) atoms. The lowest BCUT2D eigenvalue weighted by atomic mass is 10.0. The summed E-state index contributed by atoms with van der Waals surface area (Å²) in [6.07, 6.45) is 0. The first-order chi connectivity index (χ1) is 8.61. The Kier molecular flexibility index (Phi) is 6.36. The zero-order chi connectivity index (χ0) is 13.5. The summed E-state index contributed by atoms with van der Waals surface area (Å²) in [6.45, 7) is 5.82. The van der Waals surface area contributed by atoms with Gasteiger partial charge in [0.2, 0.25) is 0 Å². The van der Waals surface area contributed by atoms with Crippen LogP contribution in [0.25, 0.3) is 0 Å². The molecule has 0 radical (unpaired) electrons. The highest BCUT2D eigenvalue weighted by Crippen LogP contribution is 2.16. The minimum absolute atomic E-state index is 0.0853. The zero-order valence-corrected chi connectivity index (χ0v) is 12.8. The molecule has 1 amide bonds. The summed E-state index contributed by atoms with van der Waals surface area (Å²) in [6, 6.07) is 5.93. The van der Waals surface area contributed by atoms with Gasteiger partial charge in [-0.25, -0.2) is 0 Å². The van der Waals surface area contributed by atoms with Crippen LogP contribution in [-0.4, -0.2) is 42.9 Å². The first-order valence-electron chi connectivity index (χ1n) is 6.02. The standard InChI is InChI=1S/C14H20BrNO2/c1-11-5-4-6-12(2)13(11)14(17)16(8-7-15)9-10-18-3/h4-6H,7-10H2,1-3H3. The number of rotatable bonds is 6. The fourth-order valence-corrected chi connectivity index (χ4v) is 2.36. The number of ether oxygens (including phenoxy) is 1. The van der Waals surface area contributed by atoms with E-state index in [0.29, 0.717) is 19.7 Å². The Morgan fingerprint density at radius 1 is 1.28 bits per heavy atom. The van der Waals surface area contributed by atoms with Crippen LogP contribution < -0.4 is 0 Å². The van der Waals surface area contributed by atoms with E-state index >= 15 is 0 Å². The van der Waals surface area contributed by atoms with Gasteiger partial charge in [0, 0.05) is 31.1 Å². The van der Waals surface area contributed by atoms with Gasteiger partial charge in [-0.05, 0) is 25.0 Å². The molecule has 3 nitrogen and oxygen atoms in total. The Labute approximate surface area is 117 Å². The predicted molar refractivity (Wildman–Crippen MR) is 77.5 cm³/mol. The van der Waals surface area contributed by atoms with Crippen molar-refractivity contribution in [3.05, 3.63) is 34.9 Å². The number of alkyl halides is 1. The lowest BCUT2D eigenvalue weighted by molar-refractivity contribution is 0.0707. The van der Waals surface area contributed by atoms with Crippen molar-refractivity contribution >= 4 is 21.8 Å². The molecule has 0 aromatic heterocycles. The van der Waals surface area contributed by atoms with E-state index in [2.05, 4.69) is 15.9 Å². The average molecular weight is 314 g/mol. The third-order valence-corrected chi connectivity index (χ3v) is 3.26. The maximum atomic E-state index is 12.5. The van der Waals surface area contributed by atoms with Crippen LogP contribution >= 0.6 is 15.9 Å². The molecule has 1 rings (SSSR count). The van der Waals surface area contributed by atoms with Gasteiger partial charge in [-0.3, -0.25) is 4.79 Å². The molecule has 0 spiro atoms. The van der Waals surface area contributed by atoms with Crippen LogP contribution in [0.4, 0.5) is 0 Å². The van der Waals surface area contributed by atoms with Gasteiger partial charge in [-0.1, -0.05) is 34.1 Å². The van der Waals surface area contributed by atoms with Crippen molar-refractivity contribution in [3.8, 4) is 0 Å². The fraction of sp³-hybridized carbons (Fsp3) is 0.500. The van der Waals surface area contributed by atoms with Gasteiger partial charge in [-0.2, -0.15) is 0 Å². The van der Waals surface area contributed by atoms with Crippen LogP contribution in [0.5, 0.6) is 0 Å². The van der Waals surface area contributed by atoms with Crippen LogP contribution in [0.2, 0.25) is 0 Å². The van der Waals surface area contributed by atoms with Crippen LogP contribution in [0.3, 0.4) is 0 Å². The minimum Gasteiger partial charge on any atom is -0.383 e. The number of hydrogen-bond acceptors (Lipinski definition) is 2. The van der Waals surface area contributed by atoms with Crippen molar-refractivity contribution in [2.45, 2.75) is 13.8 Å². The molecule has 0 fully saturated rings. The zero-order valence-electron chi connectivity index (χ0n) is 11.2. The number of methoxy groups -OCH3 is 1. The molecule has 0 atom stereocenters. The molecule has 0 aliphatic rings. The quantitative estimate of drug-likeness (QED) is 0.756. The van der Waals surface area contributed by atoms with E-state index in [1.165, 1.54) is 0 Å². The second kappa shape index (κ2) is 7.54. The van der Waals surface area contributed by atoms with Crippen molar-refractivity contribution in [1.82, 2.24) is 4.90 Å². The third-order valence-electron chi connectivity index (χ3n) is 2.90. The summed E-state index contributed by atoms with van der Waals surface area (Å²) in [7, 11) is 1.65. The number of benzene rings is 1. The van der Waals surface area contributed by atoms with Gasteiger partial charge in [0.1, 0.15) is 0 Å². The van der Waals surface area contributed by atoms with Gasteiger partial charge in [0.15, 0.2) is 0 Å². The van der Waals surface area contributed by atoms with Gasteiger partial charge in [0.25, 0.3) is 5.91 Å². The molecule has 0 N–H and O–H groups in total. The van der Waals surface area contributed by atoms with Crippen LogP contribution in [0.15, 0.2) is 18.2 Å². The highest BCUT2D eigenvalue weighted by Gasteiger charge is 2.18. The number of halogens is 1. The Morgan fingerprint density at radius 2 is 1.89 bits per heavy atom. The molecule has 4 heteroatoms. The molecule has 0 saturated heterocycles. The number of hydrogen-bond donors (Lipinski definition) is 0. The summed E-state index contributed by atoms with van der Waals surface area (Å²) in [4.78, 5) is 14.4. The Hall–Kier alpha value is -0.870. The summed E-state index contributed by atoms with van der Waals surface area (Å²) in [5.74, 6) is 0.0853. The summed E-state index contributed by atoms with van der Waals surface area (Å²) in [5.41, 5.74) is 2.86. The minimum atomic E-state index is 0.0853. The highest BCUT2D eigenvalue weighted by molar-refractivity contribution is 9.09. The number of amides is 1. The van der Waals surface area contributed by atoms with E-state index < -0.39 is 0 Å². The lowest BCUT2D eigenvalue weighted by Gasteiger charge is -2.23. The van der Waals surface area contributed by atoms with Gasteiger partial charge < -0.3 is 9.64 Å². The van der Waals surface area contributed by atoms with E-state index in [0.717, 1.165) is 22.0 Å². The molecule has 1 aromatic carbocycles. The summed E-state index contributed by atoms with van der Waals surface area (Å²) in [5, 5.41) is 0.771. The Balaban J connectivity index is 2.94. The largest absolute Gasteiger partial charge is 0.383 e. The molecule has 100 valence electrons. The molecule has 0 unspecified atom stereocenters. The topological polar surface area (TPSA) is 29.5 Å². The maximum Gasteiger partial charge on any atom is 0.254 e. The second-order valence-corrected chi connectivity index (χ2v) is 5.03. The van der Waals surface area contributed by atoms with Crippen LogP contribution in [0.1, 0.15) is 21.5 Å². The van der Waals surface area contributed by atoms with Crippen molar-refractivity contribution < 1.29 is 9.53 Å². The van der Waals surface area contributed by atoms with Gasteiger partial charge in [0.05, 0.1) is 6.61 Å². The molecule has 0 aliphatic carbocycles. The highest BCUT2D eigenvalue weighted by atomic mass is 79.9. The van der Waals surface area contributed by atoms with E-state index in [-0.39, 0.29) is 5.91 Å². The van der Waals surface area contributed by atoms with Gasteiger partial charge >= 0.3 is 0 Å². The van der Waals surface area contributed by atoms with Crippen molar-refractivity contribution in [2.24, 2.45) is 0 Å². The Morgan fingerprint density at radius 3 is 2.39 bits per heavy atom. The number of carbonyl (C=O) groups is 1. The molecular formula is C14H20BrNO2. The summed E-state index contributed by atoms with van der Waals surface area (Å²) < 4.78 is 5.06. The average Bonchev–Trinajstić information content (AvgIpc) is 2.34. The predicted octanol–water partition coefficient (Wildman–Crippen LogP) is 2.79. The normalized spacial score (nSPS) is 10.4. The molecule has 0 bridgehead atoms. The smallest absolute Gasteiger partial charge is 0.254 e. The summed E-state index contributed by atoms with van der Waals surface area (Å²) >= 11 is 3.39. The van der Waals surface area contributed by atoms with Crippen molar-refractivity contribution in [3.63, 3.8) is 0 Å². The number of aryl methyl sites for hydroxylation is 2. The third kappa shape index (κ3) is 3.82. The monoisotopic (exact) mass is 313 g/mol. The van der Waals surface area contributed by atoms with E-state index in [4.69, 9.17) is 4.74 Å².